The maximum Gasteiger partial charge on any atom is 0.359 e. The van der Waals surface area contributed by atoms with E-state index in [4.69, 9.17) is 39.5 Å². The number of para-hydroxylation sites is 1. The van der Waals surface area contributed by atoms with Crippen molar-refractivity contribution in [1.29, 1.82) is 0 Å². The molecule has 0 bridgehead atoms. The van der Waals surface area contributed by atoms with E-state index >= 15 is 0 Å². The lowest BCUT2D eigenvalue weighted by molar-refractivity contribution is -0.126. The van der Waals surface area contributed by atoms with Crippen LogP contribution in [0.4, 0.5) is 5.69 Å². The molecule has 132 valence electrons. The summed E-state index contributed by atoms with van der Waals surface area (Å²) in [5, 5.41) is 0.00605. The Balaban J connectivity index is 2.15. The number of carbonyl (C=O) groups is 2. The fourth-order valence-corrected chi connectivity index (χ4v) is 2.70. The summed E-state index contributed by atoms with van der Waals surface area (Å²) in [4.78, 5) is 30.2. The van der Waals surface area contributed by atoms with Crippen molar-refractivity contribution in [3.8, 4) is 0 Å². The number of likely N-dealkylation sites (N-methyl/N-ethyl adjacent to an activating group) is 1. The minimum Gasteiger partial charge on any atom is -0.448 e. The van der Waals surface area contributed by atoms with Crippen LogP contribution in [0.1, 0.15) is 24.3 Å². The van der Waals surface area contributed by atoms with Crippen molar-refractivity contribution in [2.45, 2.75) is 20.0 Å². The molecule has 0 radical (unpaired) electrons. The lowest BCUT2D eigenvalue weighted by Crippen LogP contribution is -2.40. The second-order valence-electron chi connectivity index (χ2n) is 5.05. The van der Waals surface area contributed by atoms with Gasteiger partial charge in [0.05, 0.1) is 15.1 Å². The van der Waals surface area contributed by atoms with E-state index in [0.29, 0.717) is 12.2 Å². The van der Waals surface area contributed by atoms with Gasteiger partial charge in [-0.15, -0.1) is 0 Å². The highest BCUT2D eigenvalue weighted by Gasteiger charge is 2.27. The Labute approximate surface area is 160 Å². The molecule has 0 aliphatic rings. The first-order chi connectivity index (χ1) is 11.9. The van der Waals surface area contributed by atoms with Gasteiger partial charge in [-0.1, -0.05) is 53.0 Å². The first-order valence-corrected chi connectivity index (χ1v) is 8.57. The third-order valence-electron chi connectivity index (χ3n) is 3.39. The molecular weight excluding hydrogens is 387 g/mol. The van der Waals surface area contributed by atoms with Crippen molar-refractivity contribution in [3.05, 3.63) is 57.3 Å². The Morgan fingerprint density at radius 3 is 2.40 bits per heavy atom. The first kappa shape index (κ1) is 19.5. The summed E-state index contributed by atoms with van der Waals surface area (Å²) in [6, 6.07) is 9.09. The molecule has 1 heterocycles. The quantitative estimate of drug-likeness (QED) is 0.685. The Morgan fingerprint density at radius 2 is 1.80 bits per heavy atom. The summed E-state index contributed by atoms with van der Waals surface area (Å²) in [6.45, 7) is 3.74. The summed E-state index contributed by atoms with van der Waals surface area (Å²) >= 11 is 17.6. The molecule has 1 atom stereocenters. The molecule has 2 aromatic rings. The van der Waals surface area contributed by atoms with Crippen LogP contribution in [0.5, 0.6) is 0 Å². The smallest absolute Gasteiger partial charge is 0.359 e. The summed E-state index contributed by atoms with van der Waals surface area (Å²) < 4.78 is 5.20. The van der Waals surface area contributed by atoms with Gasteiger partial charge in [-0.05, 0) is 26.0 Å². The summed E-state index contributed by atoms with van der Waals surface area (Å²) in [5.41, 5.74) is 0.516. The van der Waals surface area contributed by atoms with Crippen LogP contribution in [0, 0.1) is 0 Å². The van der Waals surface area contributed by atoms with E-state index in [9.17, 15) is 9.59 Å². The zero-order chi connectivity index (χ0) is 18.6. The number of ether oxygens (including phenoxy) is 1. The average molecular weight is 402 g/mol. The van der Waals surface area contributed by atoms with Crippen LogP contribution in [0.2, 0.25) is 15.1 Å². The molecule has 0 saturated carbocycles. The van der Waals surface area contributed by atoms with Crippen molar-refractivity contribution >= 4 is 52.4 Å². The molecule has 1 aromatic carbocycles. The number of amides is 1. The van der Waals surface area contributed by atoms with Crippen LogP contribution < -0.4 is 4.90 Å². The van der Waals surface area contributed by atoms with Crippen molar-refractivity contribution in [1.82, 2.24) is 4.98 Å². The standard InChI is InChI=1S/C17H15Cl3N2O3/c1-3-22(11-7-5-4-6-8-11)16(23)10(2)25-17(24)15-14(20)13(19)12(18)9-21-15/h4-10H,3H2,1-2H3/t10-/m0/s1. The van der Waals surface area contributed by atoms with Crippen molar-refractivity contribution < 1.29 is 14.3 Å². The predicted molar refractivity (Wildman–Crippen MR) is 98.6 cm³/mol. The highest BCUT2D eigenvalue weighted by molar-refractivity contribution is 6.48. The molecule has 0 spiro atoms. The molecule has 0 saturated heterocycles. The van der Waals surface area contributed by atoms with Crippen molar-refractivity contribution in [2.24, 2.45) is 0 Å². The Morgan fingerprint density at radius 1 is 1.16 bits per heavy atom. The predicted octanol–water partition coefficient (Wildman–Crippen LogP) is 4.64. The van der Waals surface area contributed by atoms with Crippen LogP contribution >= 0.6 is 34.8 Å². The molecule has 0 fully saturated rings. The third kappa shape index (κ3) is 4.42. The van der Waals surface area contributed by atoms with Crippen LogP contribution in [0.15, 0.2) is 36.5 Å². The second kappa shape index (κ2) is 8.52. The zero-order valence-electron chi connectivity index (χ0n) is 13.5. The van der Waals surface area contributed by atoms with E-state index in [1.54, 1.807) is 12.1 Å². The maximum absolute atomic E-state index is 12.6. The largest absolute Gasteiger partial charge is 0.448 e. The van der Waals surface area contributed by atoms with Gasteiger partial charge < -0.3 is 9.64 Å². The van der Waals surface area contributed by atoms with E-state index in [1.165, 1.54) is 18.0 Å². The summed E-state index contributed by atoms with van der Waals surface area (Å²) in [7, 11) is 0. The molecule has 5 nitrogen and oxygen atoms in total. The maximum atomic E-state index is 12.6. The number of rotatable bonds is 5. The van der Waals surface area contributed by atoms with Gasteiger partial charge in [0.15, 0.2) is 11.8 Å². The van der Waals surface area contributed by atoms with Crippen LogP contribution in [0.25, 0.3) is 0 Å². The van der Waals surface area contributed by atoms with Gasteiger partial charge in [-0.3, -0.25) is 4.79 Å². The number of nitrogens with zero attached hydrogens (tertiary/aromatic N) is 2. The first-order valence-electron chi connectivity index (χ1n) is 7.43. The second-order valence-corrected chi connectivity index (χ2v) is 6.21. The highest BCUT2D eigenvalue weighted by atomic mass is 35.5. The average Bonchev–Trinajstić information content (AvgIpc) is 2.61. The highest BCUT2D eigenvalue weighted by Crippen LogP contribution is 2.31. The molecule has 8 heteroatoms. The van der Waals surface area contributed by atoms with E-state index in [0.717, 1.165) is 0 Å². The Hall–Kier alpha value is -1.82. The SMILES string of the molecule is CCN(C(=O)[C@H](C)OC(=O)c1ncc(Cl)c(Cl)c1Cl)c1ccccc1. The van der Waals surface area contributed by atoms with E-state index in [1.807, 2.05) is 25.1 Å². The van der Waals surface area contributed by atoms with E-state index < -0.39 is 12.1 Å². The molecule has 0 unspecified atom stereocenters. The molecule has 25 heavy (non-hydrogen) atoms. The van der Waals surface area contributed by atoms with Gasteiger partial charge >= 0.3 is 5.97 Å². The molecule has 0 N–H and O–H groups in total. The zero-order valence-corrected chi connectivity index (χ0v) is 15.8. The molecular formula is C17H15Cl3N2O3. The summed E-state index contributed by atoms with van der Waals surface area (Å²) in [5.74, 6) is -1.22. The molecule has 1 aromatic heterocycles. The van der Waals surface area contributed by atoms with E-state index in [2.05, 4.69) is 4.98 Å². The number of carbonyl (C=O) groups excluding carboxylic acids is 2. The number of aromatic nitrogens is 1. The van der Waals surface area contributed by atoms with Gasteiger partial charge in [-0.25, -0.2) is 9.78 Å². The van der Waals surface area contributed by atoms with Crippen molar-refractivity contribution in [2.75, 3.05) is 11.4 Å². The number of esters is 1. The number of pyridine rings is 1. The summed E-state index contributed by atoms with van der Waals surface area (Å²) in [6.07, 6.45) is 0.168. The third-order valence-corrected chi connectivity index (χ3v) is 4.63. The van der Waals surface area contributed by atoms with Gasteiger partial charge in [-0.2, -0.15) is 0 Å². The minimum atomic E-state index is -1.03. The fourth-order valence-electron chi connectivity index (χ4n) is 2.15. The van der Waals surface area contributed by atoms with Gasteiger partial charge in [0.25, 0.3) is 5.91 Å². The molecule has 0 aliphatic heterocycles. The van der Waals surface area contributed by atoms with Crippen LogP contribution in [-0.2, 0) is 9.53 Å². The number of halogens is 3. The number of hydrogen-bond acceptors (Lipinski definition) is 4. The number of hydrogen-bond donors (Lipinski definition) is 0. The van der Waals surface area contributed by atoms with E-state index in [-0.39, 0.29) is 26.7 Å². The molecule has 1 amide bonds. The fraction of sp³-hybridized carbons (Fsp3) is 0.235. The number of anilines is 1. The normalized spacial score (nSPS) is 11.7. The molecule has 0 aliphatic carbocycles. The molecule has 2 rings (SSSR count). The van der Waals surface area contributed by atoms with Gasteiger partial charge in [0.1, 0.15) is 0 Å². The van der Waals surface area contributed by atoms with Gasteiger partial charge in [0.2, 0.25) is 0 Å². The van der Waals surface area contributed by atoms with Crippen LogP contribution in [0.3, 0.4) is 0 Å². The Bertz CT molecular complexity index is 784. The van der Waals surface area contributed by atoms with Gasteiger partial charge in [0, 0.05) is 18.4 Å². The lowest BCUT2D eigenvalue weighted by atomic mass is 10.2. The number of benzene rings is 1. The van der Waals surface area contributed by atoms with Crippen molar-refractivity contribution in [3.63, 3.8) is 0 Å². The Kier molecular flexibility index (Phi) is 6.64. The monoisotopic (exact) mass is 400 g/mol. The van der Waals surface area contributed by atoms with Crippen LogP contribution in [-0.4, -0.2) is 29.5 Å². The lowest BCUT2D eigenvalue weighted by Gasteiger charge is -2.24. The minimum absolute atomic E-state index is 0.00346. The topological polar surface area (TPSA) is 59.5 Å².